The number of piperazine rings is 1. The molecule has 0 aliphatic carbocycles. The summed E-state index contributed by atoms with van der Waals surface area (Å²) in [6.07, 6.45) is 5.82. The van der Waals surface area contributed by atoms with Gasteiger partial charge in [-0.25, -0.2) is 9.97 Å². The van der Waals surface area contributed by atoms with Crippen molar-refractivity contribution in [2.24, 2.45) is 0 Å². The number of fused-ring (bicyclic) bond motifs is 1. The zero-order chi connectivity index (χ0) is 24.2. The van der Waals surface area contributed by atoms with Crippen LogP contribution in [0.2, 0.25) is 0 Å². The van der Waals surface area contributed by atoms with E-state index in [4.69, 9.17) is 4.74 Å². The molecule has 1 aliphatic heterocycles. The largest absolute Gasteiger partial charge is 0.487 e. The van der Waals surface area contributed by atoms with E-state index < -0.39 is 0 Å². The summed E-state index contributed by atoms with van der Waals surface area (Å²) in [7, 11) is 2.13. The van der Waals surface area contributed by atoms with E-state index in [0.717, 1.165) is 48.9 Å². The number of hydrogen-bond acceptors (Lipinski definition) is 6. The molecule has 1 amide bonds. The number of hydrogen-bond donors (Lipinski definition) is 1. The smallest absolute Gasteiger partial charge is 0.251 e. The van der Waals surface area contributed by atoms with E-state index in [1.165, 1.54) is 5.56 Å². The number of carbonyl (C=O) groups is 1. The first-order valence-corrected chi connectivity index (χ1v) is 11.9. The zero-order valence-electron chi connectivity index (χ0n) is 20.1. The van der Waals surface area contributed by atoms with E-state index in [2.05, 4.69) is 39.1 Å². The predicted molar refractivity (Wildman–Crippen MR) is 136 cm³/mol. The number of anilines is 1. The van der Waals surface area contributed by atoms with Crippen molar-refractivity contribution in [2.75, 3.05) is 38.1 Å². The number of aryl methyl sites for hydroxylation is 1. The van der Waals surface area contributed by atoms with Crippen LogP contribution in [0.25, 0.3) is 5.65 Å². The maximum absolute atomic E-state index is 12.8. The van der Waals surface area contributed by atoms with Gasteiger partial charge in [0.15, 0.2) is 0 Å². The molecular formula is C27H30N6O2. The molecule has 0 atom stereocenters. The monoisotopic (exact) mass is 470 g/mol. The van der Waals surface area contributed by atoms with E-state index in [9.17, 15) is 4.79 Å². The number of amides is 1. The molecule has 0 radical (unpaired) electrons. The van der Waals surface area contributed by atoms with E-state index >= 15 is 0 Å². The topological polar surface area (TPSA) is 75.0 Å². The van der Waals surface area contributed by atoms with Gasteiger partial charge in [-0.3, -0.25) is 4.79 Å². The summed E-state index contributed by atoms with van der Waals surface area (Å²) in [6, 6.07) is 15.2. The van der Waals surface area contributed by atoms with Gasteiger partial charge in [0.2, 0.25) is 0 Å². The van der Waals surface area contributed by atoms with Crippen LogP contribution in [0.4, 0.5) is 5.82 Å². The van der Waals surface area contributed by atoms with Gasteiger partial charge < -0.3 is 24.3 Å². The number of pyridine rings is 2. The predicted octanol–water partition coefficient (Wildman–Crippen LogP) is 3.30. The number of nitrogens with one attached hydrogen (secondary N) is 1. The van der Waals surface area contributed by atoms with Crippen LogP contribution < -0.4 is 15.0 Å². The van der Waals surface area contributed by atoms with Gasteiger partial charge in [0.25, 0.3) is 5.91 Å². The highest BCUT2D eigenvalue weighted by molar-refractivity contribution is 5.94. The minimum atomic E-state index is -0.125. The highest BCUT2D eigenvalue weighted by Gasteiger charge is 2.18. The Balaban J connectivity index is 1.17. The summed E-state index contributed by atoms with van der Waals surface area (Å²) < 4.78 is 7.88. The summed E-state index contributed by atoms with van der Waals surface area (Å²) in [5, 5.41) is 3.03. The van der Waals surface area contributed by atoms with Crippen LogP contribution in [0.15, 0.2) is 67.1 Å². The van der Waals surface area contributed by atoms with E-state index in [1.54, 1.807) is 12.1 Å². The minimum absolute atomic E-state index is 0.125. The lowest BCUT2D eigenvalue weighted by atomic mass is 10.2. The molecule has 3 aromatic heterocycles. The molecule has 180 valence electrons. The molecule has 8 nitrogen and oxygen atoms in total. The first-order valence-electron chi connectivity index (χ1n) is 11.9. The number of carbonyl (C=O) groups excluding carboxylic acids is 1. The van der Waals surface area contributed by atoms with Crippen molar-refractivity contribution in [1.29, 1.82) is 0 Å². The Morgan fingerprint density at radius 1 is 1.03 bits per heavy atom. The summed E-state index contributed by atoms with van der Waals surface area (Å²) >= 11 is 0. The highest BCUT2D eigenvalue weighted by atomic mass is 16.5. The molecule has 0 spiro atoms. The van der Waals surface area contributed by atoms with Crippen molar-refractivity contribution < 1.29 is 9.53 Å². The SMILES string of the molecule is Cc1ccc2nc(COc3ccc(C(=O)NCc4cccnc4N4CCN(C)CC4)cc3)cn2c1. The molecular weight excluding hydrogens is 440 g/mol. The van der Waals surface area contributed by atoms with Crippen molar-refractivity contribution in [3.05, 3.63) is 89.5 Å². The average Bonchev–Trinajstić information content (AvgIpc) is 3.29. The molecule has 5 rings (SSSR count). The molecule has 1 fully saturated rings. The number of likely N-dealkylation sites (N-methyl/N-ethyl adjacent to an activating group) is 1. The van der Waals surface area contributed by atoms with Crippen LogP contribution in [0.3, 0.4) is 0 Å². The first kappa shape index (κ1) is 22.9. The number of aromatic nitrogens is 3. The molecule has 0 bridgehead atoms. The van der Waals surface area contributed by atoms with Crippen LogP contribution in [0.5, 0.6) is 5.75 Å². The zero-order valence-corrected chi connectivity index (χ0v) is 20.1. The van der Waals surface area contributed by atoms with E-state index in [-0.39, 0.29) is 5.91 Å². The summed E-state index contributed by atoms with van der Waals surface area (Å²) in [4.78, 5) is 26.5. The van der Waals surface area contributed by atoms with Crippen LogP contribution in [-0.4, -0.2) is 58.4 Å². The highest BCUT2D eigenvalue weighted by Crippen LogP contribution is 2.19. The molecule has 1 aliphatic rings. The number of rotatable bonds is 7. The Kier molecular flexibility index (Phi) is 6.63. The van der Waals surface area contributed by atoms with Gasteiger partial charge in [-0.1, -0.05) is 12.1 Å². The van der Waals surface area contributed by atoms with Gasteiger partial charge in [0, 0.05) is 62.4 Å². The molecule has 0 saturated carbocycles. The molecule has 4 heterocycles. The number of nitrogens with zero attached hydrogens (tertiary/aromatic N) is 5. The van der Waals surface area contributed by atoms with Gasteiger partial charge in [-0.05, 0) is 55.9 Å². The summed E-state index contributed by atoms with van der Waals surface area (Å²) in [5.41, 5.74) is 4.53. The van der Waals surface area contributed by atoms with Crippen molar-refractivity contribution in [1.82, 2.24) is 24.6 Å². The fourth-order valence-electron chi connectivity index (χ4n) is 4.23. The summed E-state index contributed by atoms with van der Waals surface area (Å²) in [5.74, 6) is 1.52. The molecule has 8 heteroatoms. The molecule has 1 N–H and O–H groups in total. The molecule has 1 aromatic carbocycles. The number of benzene rings is 1. The minimum Gasteiger partial charge on any atom is -0.487 e. The number of ether oxygens (including phenoxy) is 1. The third kappa shape index (κ3) is 5.44. The second-order valence-corrected chi connectivity index (χ2v) is 8.98. The lowest BCUT2D eigenvalue weighted by Crippen LogP contribution is -2.45. The molecule has 0 unspecified atom stereocenters. The van der Waals surface area contributed by atoms with Crippen LogP contribution >= 0.6 is 0 Å². The Morgan fingerprint density at radius 3 is 2.63 bits per heavy atom. The normalized spacial score (nSPS) is 14.3. The van der Waals surface area contributed by atoms with Crippen molar-refractivity contribution in [2.45, 2.75) is 20.1 Å². The Morgan fingerprint density at radius 2 is 1.83 bits per heavy atom. The second-order valence-electron chi connectivity index (χ2n) is 8.98. The number of imidazole rings is 1. The third-order valence-electron chi connectivity index (χ3n) is 6.26. The van der Waals surface area contributed by atoms with Crippen molar-refractivity contribution in [3.63, 3.8) is 0 Å². The van der Waals surface area contributed by atoms with Gasteiger partial charge in [0.1, 0.15) is 23.8 Å². The Hall–Kier alpha value is -3.91. The first-order chi connectivity index (χ1) is 17.0. The van der Waals surface area contributed by atoms with Gasteiger partial charge in [-0.15, -0.1) is 0 Å². The lowest BCUT2D eigenvalue weighted by Gasteiger charge is -2.34. The Labute approximate surface area is 205 Å². The quantitative estimate of drug-likeness (QED) is 0.447. The Bertz CT molecular complexity index is 1310. The lowest BCUT2D eigenvalue weighted by molar-refractivity contribution is 0.0951. The van der Waals surface area contributed by atoms with Gasteiger partial charge >= 0.3 is 0 Å². The van der Waals surface area contributed by atoms with E-state index in [1.807, 2.05) is 59.4 Å². The van der Waals surface area contributed by atoms with Gasteiger partial charge in [0.05, 0.1) is 5.69 Å². The molecule has 35 heavy (non-hydrogen) atoms. The van der Waals surface area contributed by atoms with Crippen molar-refractivity contribution >= 4 is 17.4 Å². The fourth-order valence-corrected chi connectivity index (χ4v) is 4.23. The molecule has 1 saturated heterocycles. The molecule has 4 aromatic rings. The van der Waals surface area contributed by atoms with Crippen LogP contribution in [0, 0.1) is 6.92 Å². The van der Waals surface area contributed by atoms with Crippen LogP contribution in [-0.2, 0) is 13.2 Å². The maximum Gasteiger partial charge on any atom is 0.251 e. The fraction of sp³-hybridized carbons (Fsp3) is 0.296. The van der Waals surface area contributed by atoms with Crippen molar-refractivity contribution in [3.8, 4) is 5.75 Å². The second kappa shape index (κ2) is 10.1. The van der Waals surface area contributed by atoms with Crippen LogP contribution in [0.1, 0.15) is 27.2 Å². The summed E-state index contributed by atoms with van der Waals surface area (Å²) in [6.45, 7) is 6.73. The van der Waals surface area contributed by atoms with E-state index in [0.29, 0.717) is 24.5 Å². The standard InChI is InChI=1S/C27H30N6O2/c1-20-5-10-25-30-23(18-33(25)17-20)19-35-24-8-6-21(7-9-24)27(34)29-16-22-4-3-11-28-26(22)32-14-12-31(2)13-15-32/h3-11,17-18H,12-16,19H2,1-2H3,(H,29,34). The average molecular weight is 471 g/mol. The van der Waals surface area contributed by atoms with Gasteiger partial charge in [-0.2, -0.15) is 0 Å². The maximum atomic E-state index is 12.8. The third-order valence-corrected chi connectivity index (χ3v) is 6.26.